The standard InChI is InChI=1S/C12H14Br4/c13-7-3-11-1-2-12(11,5-9(7)15)6-10(16)8(14)4-11/h1-2,7-10H,3-6H2/t7-,8+,9+,10-,11?,12?. The van der Waals surface area contributed by atoms with Crippen molar-refractivity contribution in [3.05, 3.63) is 12.2 Å². The quantitative estimate of drug-likeness (QED) is 0.333. The molecule has 0 N–H and O–H groups in total. The van der Waals surface area contributed by atoms with Gasteiger partial charge in [-0.1, -0.05) is 75.9 Å². The highest BCUT2D eigenvalue weighted by molar-refractivity contribution is 9.12. The van der Waals surface area contributed by atoms with E-state index in [2.05, 4.69) is 75.9 Å². The first kappa shape index (κ1) is 12.7. The minimum atomic E-state index is 0.462. The summed E-state index contributed by atoms with van der Waals surface area (Å²) in [7, 11) is 0. The number of hydrogen-bond donors (Lipinski definition) is 0. The molecule has 0 spiro atoms. The van der Waals surface area contributed by atoms with Crippen LogP contribution in [0.1, 0.15) is 25.7 Å². The van der Waals surface area contributed by atoms with E-state index in [0.29, 0.717) is 30.1 Å². The van der Waals surface area contributed by atoms with Gasteiger partial charge in [0.05, 0.1) is 0 Å². The molecule has 2 saturated carbocycles. The lowest BCUT2D eigenvalue weighted by molar-refractivity contribution is 0.00983. The fourth-order valence-electron chi connectivity index (χ4n) is 3.71. The van der Waals surface area contributed by atoms with Gasteiger partial charge in [-0.25, -0.2) is 0 Å². The monoisotopic (exact) mass is 474 g/mol. The first-order valence-corrected chi connectivity index (χ1v) is 9.41. The topological polar surface area (TPSA) is 0 Å². The van der Waals surface area contributed by atoms with Crippen molar-refractivity contribution in [1.82, 2.24) is 0 Å². The van der Waals surface area contributed by atoms with Gasteiger partial charge >= 0.3 is 0 Å². The van der Waals surface area contributed by atoms with Crippen LogP contribution in [0.5, 0.6) is 0 Å². The van der Waals surface area contributed by atoms with Crippen LogP contribution in [0, 0.1) is 10.8 Å². The highest BCUT2D eigenvalue weighted by Gasteiger charge is 2.62. The molecule has 0 aromatic heterocycles. The fraction of sp³-hybridized carbons (Fsp3) is 0.833. The average Bonchev–Trinajstić information content (AvgIpc) is 2.21. The summed E-state index contributed by atoms with van der Waals surface area (Å²) in [6.45, 7) is 0. The van der Waals surface area contributed by atoms with Crippen LogP contribution in [0.2, 0.25) is 0 Å². The molecule has 0 aliphatic heterocycles. The number of alkyl halides is 4. The third-order valence-corrected chi connectivity index (χ3v) is 10.0. The van der Waals surface area contributed by atoms with Crippen molar-refractivity contribution in [2.24, 2.45) is 10.8 Å². The molecular weight excluding hydrogens is 464 g/mol. The van der Waals surface area contributed by atoms with Gasteiger partial charge in [-0.2, -0.15) is 0 Å². The molecule has 0 bridgehead atoms. The molecule has 0 aromatic rings. The number of rotatable bonds is 0. The second-order valence-electron chi connectivity index (χ2n) is 5.53. The van der Waals surface area contributed by atoms with Crippen LogP contribution in [0.25, 0.3) is 0 Å². The lowest BCUT2D eigenvalue weighted by atomic mass is 9.44. The van der Waals surface area contributed by atoms with Crippen LogP contribution in [0.4, 0.5) is 0 Å². The molecule has 3 aliphatic carbocycles. The summed E-state index contributed by atoms with van der Waals surface area (Å²) in [5.41, 5.74) is 0.924. The molecular formula is C12H14Br4. The van der Waals surface area contributed by atoms with E-state index in [1.165, 1.54) is 25.7 Å². The van der Waals surface area contributed by atoms with Gasteiger partial charge in [0.2, 0.25) is 0 Å². The van der Waals surface area contributed by atoms with E-state index in [4.69, 9.17) is 0 Å². The highest BCUT2D eigenvalue weighted by Crippen LogP contribution is 2.68. The lowest BCUT2D eigenvalue weighted by Gasteiger charge is -2.64. The summed E-state index contributed by atoms with van der Waals surface area (Å²) in [6.07, 6.45) is 10.1. The van der Waals surface area contributed by atoms with Gasteiger partial charge in [-0.05, 0) is 36.5 Å². The normalized spacial score (nSPS) is 59.8. The van der Waals surface area contributed by atoms with Crippen molar-refractivity contribution < 1.29 is 0 Å². The molecule has 4 heteroatoms. The van der Waals surface area contributed by atoms with Crippen molar-refractivity contribution in [1.29, 1.82) is 0 Å². The van der Waals surface area contributed by atoms with Crippen LogP contribution in [0.15, 0.2) is 12.2 Å². The van der Waals surface area contributed by atoms with E-state index in [1.54, 1.807) is 0 Å². The summed E-state index contributed by atoms with van der Waals surface area (Å²) in [4.78, 5) is 2.49. The lowest BCUT2D eigenvalue weighted by Crippen LogP contribution is -2.59. The van der Waals surface area contributed by atoms with Gasteiger partial charge < -0.3 is 0 Å². The van der Waals surface area contributed by atoms with Crippen LogP contribution >= 0.6 is 63.7 Å². The van der Waals surface area contributed by atoms with E-state index in [-0.39, 0.29) is 0 Å². The Morgan fingerprint density at radius 1 is 0.625 bits per heavy atom. The molecule has 2 fully saturated rings. The second kappa shape index (κ2) is 4.08. The van der Waals surface area contributed by atoms with Gasteiger partial charge in [-0.3, -0.25) is 0 Å². The SMILES string of the molecule is Br[C@@H]1CC23C=CC2(C[C@@H](Br)[C@@H](Br)C3)C[C@@H]1Br. The maximum absolute atomic E-state index is 3.84. The first-order valence-electron chi connectivity index (χ1n) is 5.75. The van der Waals surface area contributed by atoms with Crippen LogP contribution in [-0.2, 0) is 0 Å². The maximum atomic E-state index is 3.84. The van der Waals surface area contributed by atoms with E-state index >= 15 is 0 Å². The fourth-order valence-corrected chi connectivity index (χ4v) is 6.77. The summed E-state index contributed by atoms with van der Waals surface area (Å²) < 4.78 is 0. The zero-order chi connectivity index (χ0) is 11.6. The molecule has 0 nitrogen and oxygen atoms in total. The Hall–Kier alpha value is 1.66. The van der Waals surface area contributed by atoms with Crippen molar-refractivity contribution >= 4 is 63.7 Å². The van der Waals surface area contributed by atoms with Gasteiger partial charge in [-0.15, -0.1) is 0 Å². The summed E-state index contributed by atoms with van der Waals surface area (Å²) >= 11 is 15.3. The number of hydrogen-bond acceptors (Lipinski definition) is 0. The molecule has 0 aromatic carbocycles. The molecule has 3 aliphatic rings. The predicted molar refractivity (Wildman–Crippen MR) is 83.3 cm³/mol. The predicted octanol–water partition coefficient (Wildman–Crippen LogP) is 5.17. The molecule has 0 saturated heterocycles. The zero-order valence-corrected chi connectivity index (χ0v) is 15.1. The van der Waals surface area contributed by atoms with Crippen molar-refractivity contribution in [3.8, 4) is 0 Å². The highest BCUT2D eigenvalue weighted by atomic mass is 79.9. The van der Waals surface area contributed by atoms with E-state index < -0.39 is 0 Å². The summed E-state index contributed by atoms with van der Waals surface area (Å²) in [5.74, 6) is 0. The van der Waals surface area contributed by atoms with Crippen LogP contribution < -0.4 is 0 Å². The maximum Gasteiger partial charge on any atom is 0.0280 e. The Kier molecular flexibility index (Phi) is 3.23. The van der Waals surface area contributed by atoms with Gasteiger partial charge in [0, 0.05) is 19.3 Å². The summed E-state index contributed by atoms with van der Waals surface area (Å²) in [6, 6.07) is 0. The third kappa shape index (κ3) is 1.61. The van der Waals surface area contributed by atoms with Crippen molar-refractivity contribution in [3.63, 3.8) is 0 Å². The Labute approximate surface area is 131 Å². The van der Waals surface area contributed by atoms with Gasteiger partial charge in [0.25, 0.3) is 0 Å². The second-order valence-corrected chi connectivity index (χ2v) is 10.2. The number of halogens is 4. The smallest absolute Gasteiger partial charge is 0.0280 e. The van der Waals surface area contributed by atoms with E-state index in [0.717, 1.165) is 0 Å². The molecule has 6 atom stereocenters. The Bertz CT molecular complexity index is 286. The third-order valence-electron chi connectivity index (χ3n) is 4.73. The summed E-state index contributed by atoms with van der Waals surface area (Å²) in [5, 5.41) is 0. The van der Waals surface area contributed by atoms with Gasteiger partial charge in [0.1, 0.15) is 0 Å². The molecule has 0 heterocycles. The van der Waals surface area contributed by atoms with Crippen LogP contribution in [0.3, 0.4) is 0 Å². The van der Waals surface area contributed by atoms with E-state index in [1.807, 2.05) is 0 Å². The molecule has 0 amide bonds. The first-order chi connectivity index (χ1) is 7.48. The molecule has 2 unspecified atom stereocenters. The van der Waals surface area contributed by atoms with Gasteiger partial charge in [0.15, 0.2) is 0 Å². The zero-order valence-electron chi connectivity index (χ0n) is 8.80. The molecule has 90 valence electrons. The average molecular weight is 478 g/mol. The van der Waals surface area contributed by atoms with E-state index in [9.17, 15) is 0 Å². The minimum absolute atomic E-state index is 0.462. The minimum Gasteiger partial charge on any atom is -0.0878 e. The Balaban J connectivity index is 1.94. The largest absolute Gasteiger partial charge is 0.0878 e. The van der Waals surface area contributed by atoms with Crippen LogP contribution in [-0.4, -0.2) is 19.3 Å². The van der Waals surface area contributed by atoms with Crippen molar-refractivity contribution in [2.75, 3.05) is 0 Å². The van der Waals surface area contributed by atoms with Crippen molar-refractivity contribution in [2.45, 2.75) is 45.0 Å². The number of allylic oxidation sites excluding steroid dienone is 2. The molecule has 16 heavy (non-hydrogen) atoms. The Morgan fingerprint density at radius 3 is 1.06 bits per heavy atom. The Morgan fingerprint density at radius 2 is 0.875 bits per heavy atom. The molecule has 3 rings (SSSR count). The molecule has 0 radical (unpaired) electrons.